The first-order valence-electron chi connectivity index (χ1n) is 9.75. The van der Waals surface area contributed by atoms with Gasteiger partial charge in [0, 0.05) is 32.5 Å². The molecule has 1 atom stereocenters. The minimum Gasteiger partial charge on any atom is -0.359 e. The molecular weight excluding hydrogens is 447 g/mol. The smallest absolute Gasteiger partial charge is 0.359 e. The zero-order chi connectivity index (χ0) is 23.5. The lowest BCUT2D eigenvalue weighted by atomic mass is 9.99. The second kappa shape index (κ2) is 9.56. The monoisotopic (exact) mass is 467 g/mol. The van der Waals surface area contributed by atoms with Gasteiger partial charge in [0.1, 0.15) is 5.82 Å². The highest BCUT2D eigenvalue weighted by Gasteiger charge is 2.31. The Balaban J connectivity index is 1.64. The summed E-state index contributed by atoms with van der Waals surface area (Å²) < 4.78 is 37.9. The summed E-state index contributed by atoms with van der Waals surface area (Å²) in [5, 5.41) is 5.49. The normalized spacial score (nSPS) is 15.1. The fraction of sp³-hybridized carbons (Fsp3) is 0.333. The molecule has 32 heavy (non-hydrogen) atoms. The molecule has 3 rings (SSSR count). The van der Waals surface area contributed by atoms with Gasteiger partial charge >= 0.3 is 12.2 Å². The van der Waals surface area contributed by atoms with Crippen molar-refractivity contribution in [1.82, 2.24) is 20.2 Å². The van der Waals surface area contributed by atoms with Crippen molar-refractivity contribution in [2.75, 3.05) is 25.5 Å². The quantitative estimate of drug-likeness (QED) is 0.701. The Bertz CT molecular complexity index is 1040. The van der Waals surface area contributed by atoms with Crippen LogP contribution in [0.15, 0.2) is 36.7 Å². The van der Waals surface area contributed by atoms with Crippen molar-refractivity contribution in [3.05, 3.63) is 58.5 Å². The van der Waals surface area contributed by atoms with E-state index in [4.69, 9.17) is 11.6 Å². The Morgan fingerprint density at radius 2 is 1.97 bits per heavy atom. The molecule has 2 aromatic heterocycles. The first-order chi connectivity index (χ1) is 15.1. The summed E-state index contributed by atoms with van der Waals surface area (Å²) in [5.74, 6) is -0.502. The van der Waals surface area contributed by atoms with E-state index >= 15 is 0 Å². The molecule has 2 N–H and O–H groups in total. The van der Waals surface area contributed by atoms with Crippen molar-refractivity contribution >= 4 is 34.9 Å². The Kier molecular flexibility index (Phi) is 7.02. The van der Waals surface area contributed by atoms with Crippen LogP contribution in [0.3, 0.4) is 0 Å². The molecule has 0 spiro atoms. The van der Waals surface area contributed by atoms with Crippen molar-refractivity contribution in [2.24, 2.45) is 0 Å². The van der Waals surface area contributed by atoms with Gasteiger partial charge in [0.2, 0.25) is 5.91 Å². The summed E-state index contributed by atoms with van der Waals surface area (Å²) in [4.78, 5) is 33.8. The first kappa shape index (κ1) is 23.5. The number of halogens is 4. The fourth-order valence-electron chi connectivity index (χ4n) is 3.19. The number of nitrogens with one attached hydrogen (secondary N) is 2. The lowest BCUT2D eigenvalue weighted by molar-refractivity contribution is -0.137. The third kappa shape index (κ3) is 5.37. The van der Waals surface area contributed by atoms with Crippen LogP contribution in [0.2, 0.25) is 5.02 Å². The number of aromatic nitrogens is 2. The van der Waals surface area contributed by atoms with E-state index in [1.165, 1.54) is 4.90 Å². The first-order valence-corrected chi connectivity index (χ1v) is 10.1. The number of urea groups is 1. The van der Waals surface area contributed by atoms with Crippen LogP contribution in [-0.2, 0) is 11.0 Å². The molecule has 1 aliphatic rings. The second-order valence-electron chi connectivity index (χ2n) is 7.22. The third-order valence-corrected chi connectivity index (χ3v) is 5.42. The van der Waals surface area contributed by atoms with Gasteiger partial charge in [-0.15, -0.1) is 0 Å². The molecule has 3 heterocycles. The van der Waals surface area contributed by atoms with E-state index in [2.05, 4.69) is 20.6 Å². The zero-order valence-electron chi connectivity index (χ0n) is 17.3. The summed E-state index contributed by atoms with van der Waals surface area (Å²) in [7, 11) is 1.56. The molecule has 0 saturated carbocycles. The van der Waals surface area contributed by atoms with Gasteiger partial charge < -0.3 is 10.2 Å². The number of alkyl halides is 3. The van der Waals surface area contributed by atoms with Crippen molar-refractivity contribution in [2.45, 2.75) is 25.4 Å². The molecule has 3 amide bonds. The molecule has 170 valence electrons. The third-order valence-electron chi connectivity index (χ3n) is 5.13. The van der Waals surface area contributed by atoms with E-state index < -0.39 is 23.7 Å². The average molecular weight is 468 g/mol. The van der Waals surface area contributed by atoms with Gasteiger partial charge in [-0.2, -0.15) is 13.2 Å². The maximum absolute atomic E-state index is 12.6. The predicted octanol–water partition coefficient (Wildman–Crippen LogP) is 4.32. The number of hydrogen-bond donors (Lipinski definition) is 2. The van der Waals surface area contributed by atoms with Crippen LogP contribution in [-0.4, -0.2) is 46.9 Å². The fourth-order valence-corrected chi connectivity index (χ4v) is 3.48. The van der Waals surface area contributed by atoms with Crippen molar-refractivity contribution in [3.63, 3.8) is 0 Å². The minimum atomic E-state index is -4.49. The highest BCUT2D eigenvalue weighted by molar-refractivity contribution is 6.32. The van der Waals surface area contributed by atoms with Crippen LogP contribution in [0.1, 0.15) is 36.1 Å². The molecular formula is C21H21ClF3N5O2. The van der Waals surface area contributed by atoms with Crippen molar-refractivity contribution in [3.8, 4) is 0 Å². The van der Waals surface area contributed by atoms with Crippen molar-refractivity contribution < 1.29 is 22.8 Å². The Labute approximate surface area is 187 Å². The Morgan fingerprint density at radius 3 is 2.50 bits per heavy atom. The molecule has 1 aliphatic heterocycles. The van der Waals surface area contributed by atoms with E-state index in [9.17, 15) is 22.8 Å². The van der Waals surface area contributed by atoms with E-state index in [0.717, 1.165) is 17.7 Å². The summed E-state index contributed by atoms with van der Waals surface area (Å²) >= 11 is 6.39. The molecule has 2 aromatic rings. The summed E-state index contributed by atoms with van der Waals surface area (Å²) in [6.07, 6.45) is 0.102. The van der Waals surface area contributed by atoms with Crippen LogP contribution in [0.25, 0.3) is 5.57 Å². The van der Waals surface area contributed by atoms with E-state index in [0.29, 0.717) is 35.4 Å². The highest BCUT2D eigenvalue weighted by atomic mass is 35.5. The van der Waals surface area contributed by atoms with Gasteiger partial charge in [0.25, 0.3) is 0 Å². The summed E-state index contributed by atoms with van der Waals surface area (Å²) in [6, 6.07) is 3.21. The molecule has 0 bridgehead atoms. The summed E-state index contributed by atoms with van der Waals surface area (Å²) in [6.45, 7) is 2.40. The van der Waals surface area contributed by atoms with Gasteiger partial charge in [-0.3, -0.25) is 15.1 Å². The van der Waals surface area contributed by atoms with Gasteiger partial charge in [0.05, 0.1) is 22.2 Å². The maximum Gasteiger partial charge on any atom is 0.417 e. The average Bonchev–Trinajstić information content (AvgIpc) is 2.77. The van der Waals surface area contributed by atoms with Crippen LogP contribution in [0, 0.1) is 0 Å². The standard InChI is InChI=1S/C21H21ClF3N5O2/c1-12(19(31)26-2)14-9-16(22)18(28-10-14)13-5-7-30(8-6-13)20(32)29-17-4-3-15(11-27-17)21(23,24)25/h3-5,9-12H,6-8H2,1-2H3,(H,26,31)(H,27,29,32). The number of pyridine rings is 2. The Hall–Kier alpha value is -3.14. The maximum atomic E-state index is 12.6. The molecule has 0 aliphatic carbocycles. The van der Waals surface area contributed by atoms with Crippen LogP contribution < -0.4 is 10.6 Å². The van der Waals surface area contributed by atoms with E-state index in [-0.39, 0.29) is 18.3 Å². The lowest BCUT2D eigenvalue weighted by Gasteiger charge is -2.26. The number of carbonyl (C=O) groups excluding carboxylic acids is 2. The largest absolute Gasteiger partial charge is 0.417 e. The second-order valence-corrected chi connectivity index (χ2v) is 7.63. The molecule has 0 aromatic carbocycles. The highest BCUT2D eigenvalue weighted by Crippen LogP contribution is 2.30. The molecule has 11 heteroatoms. The molecule has 0 fully saturated rings. The topological polar surface area (TPSA) is 87.2 Å². The van der Waals surface area contributed by atoms with E-state index in [1.54, 1.807) is 26.2 Å². The van der Waals surface area contributed by atoms with Gasteiger partial charge in [-0.25, -0.2) is 9.78 Å². The number of rotatable bonds is 4. The van der Waals surface area contributed by atoms with Gasteiger partial charge in [0.15, 0.2) is 0 Å². The van der Waals surface area contributed by atoms with Crippen LogP contribution >= 0.6 is 11.6 Å². The SMILES string of the molecule is CNC(=O)C(C)c1cnc(C2=CCN(C(=O)Nc3ccc(C(F)(F)F)cn3)CC2)c(Cl)c1. The predicted molar refractivity (Wildman–Crippen MR) is 114 cm³/mol. The summed E-state index contributed by atoms with van der Waals surface area (Å²) in [5.41, 5.74) is 1.26. The van der Waals surface area contributed by atoms with E-state index in [1.807, 2.05) is 6.08 Å². The Morgan fingerprint density at radius 1 is 1.22 bits per heavy atom. The number of nitrogens with zero attached hydrogens (tertiary/aromatic N) is 3. The number of carbonyl (C=O) groups is 2. The molecule has 0 saturated heterocycles. The number of hydrogen-bond acceptors (Lipinski definition) is 4. The lowest BCUT2D eigenvalue weighted by Crippen LogP contribution is -2.38. The molecule has 1 unspecified atom stereocenters. The molecule has 7 nitrogen and oxygen atoms in total. The number of likely N-dealkylation sites (N-methyl/N-ethyl adjacent to an activating group) is 1. The van der Waals surface area contributed by atoms with Crippen molar-refractivity contribution in [1.29, 1.82) is 0 Å². The van der Waals surface area contributed by atoms with Crippen LogP contribution in [0.5, 0.6) is 0 Å². The zero-order valence-corrected chi connectivity index (χ0v) is 18.1. The number of amides is 3. The van der Waals surface area contributed by atoms with Gasteiger partial charge in [-0.05, 0) is 42.7 Å². The van der Waals surface area contributed by atoms with Crippen LogP contribution in [0.4, 0.5) is 23.8 Å². The minimum absolute atomic E-state index is 0.0308. The molecule has 0 radical (unpaired) electrons. The van der Waals surface area contributed by atoms with Gasteiger partial charge in [-0.1, -0.05) is 17.7 Å². The number of anilines is 1.